The maximum absolute atomic E-state index is 9.76. The van der Waals surface area contributed by atoms with Crippen LogP contribution in [0.1, 0.15) is 5.56 Å². The van der Waals surface area contributed by atoms with Gasteiger partial charge in [0, 0.05) is 0 Å². The molecule has 0 saturated carbocycles. The van der Waals surface area contributed by atoms with Crippen molar-refractivity contribution >= 4 is 0 Å². The summed E-state index contributed by atoms with van der Waals surface area (Å²) in [6.07, 6.45) is 0. The zero-order chi connectivity index (χ0) is 12.6. The molecular formula is C14H18O4. The molecule has 4 heteroatoms. The number of aliphatic hydroxyl groups is 1. The first-order chi connectivity index (χ1) is 8.76. The molecule has 1 aromatic rings. The van der Waals surface area contributed by atoms with Gasteiger partial charge in [0.05, 0.1) is 51.0 Å². The Morgan fingerprint density at radius 2 is 1.94 bits per heavy atom. The normalized spacial score (nSPS) is 23.9. The SMILES string of the molecule is COc1cccc(C2(C3(CO)COC3)COC2)c1. The molecular weight excluding hydrogens is 232 g/mol. The maximum atomic E-state index is 9.76. The zero-order valence-electron chi connectivity index (χ0n) is 10.5. The average Bonchev–Trinajstić information content (AvgIpc) is 2.31. The standard InChI is InChI=1S/C14H18O4/c1-16-12-4-2-3-11(5-12)14(9-18-10-14)13(6-15)7-17-8-13/h2-5,15H,6-10H2,1H3. The fourth-order valence-electron chi connectivity index (χ4n) is 2.87. The summed E-state index contributed by atoms with van der Waals surface area (Å²) in [5.74, 6) is 0.840. The van der Waals surface area contributed by atoms with Crippen molar-refractivity contribution in [1.29, 1.82) is 0 Å². The van der Waals surface area contributed by atoms with E-state index in [0.717, 1.165) is 5.75 Å². The zero-order valence-corrected chi connectivity index (χ0v) is 10.5. The monoisotopic (exact) mass is 250 g/mol. The van der Waals surface area contributed by atoms with Crippen LogP contribution in [0.2, 0.25) is 0 Å². The smallest absolute Gasteiger partial charge is 0.119 e. The topological polar surface area (TPSA) is 47.9 Å². The minimum atomic E-state index is -0.197. The van der Waals surface area contributed by atoms with Crippen molar-refractivity contribution in [3.8, 4) is 5.75 Å². The Labute approximate surface area is 106 Å². The number of methoxy groups -OCH3 is 1. The van der Waals surface area contributed by atoms with Gasteiger partial charge in [-0.3, -0.25) is 0 Å². The molecule has 0 aliphatic carbocycles. The van der Waals surface area contributed by atoms with E-state index in [2.05, 4.69) is 6.07 Å². The highest BCUT2D eigenvalue weighted by Crippen LogP contribution is 2.51. The predicted molar refractivity (Wildman–Crippen MR) is 65.8 cm³/mol. The molecule has 2 heterocycles. The Hall–Kier alpha value is -1.10. The minimum absolute atomic E-state index is 0.130. The fourth-order valence-corrected chi connectivity index (χ4v) is 2.87. The molecule has 0 aromatic heterocycles. The third-order valence-electron chi connectivity index (χ3n) is 4.39. The Morgan fingerprint density at radius 3 is 2.39 bits per heavy atom. The second-order valence-electron chi connectivity index (χ2n) is 5.24. The number of hydrogen-bond donors (Lipinski definition) is 1. The van der Waals surface area contributed by atoms with Crippen LogP contribution in [0.4, 0.5) is 0 Å². The van der Waals surface area contributed by atoms with E-state index in [0.29, 0.717) is 26.4 Å². The second kappa shape index (κ2) is 4.23. The molecule has 3 rings (SSSR count). The summed E-state index contributed by atoms with van der Waals surface area (Å²) in [5, 5.41) is 9.76. The molecule has 0 bridgehead atoms. The summed E-state index contributed by atoms with van der Waals surface area (Å²) < 4.78 is 16.1. The van der Waals surface area contributed by atoms with Crippen LogP contribution in [0.25, 0.3) is 0 Å². The maximum Gasteiger partial charge on any atom is 0.119 e. The molecule has 98 valence electrons. The first-order valence-electron chi connectivity index (χ1n) is 6.17. The van der Waals surface area contributed by atoms with Crippen molar-refractivity contribution in [1.82, 2.24) is 0 Å². The first kappa shape index (κ1) is 12.0. The summed E-state index contributed by atoms with van der Waals surface area (Å²) >= 11 is 0. The molecule has 0 amide bonds. The molecule has 2 fully saturated rings. The Kier molecular flexibility index (Phi) is 2.81. The van der Waals surface area contributed by atoms with Gasteiger partial charge in [-0.15, -0.1) is 0 Å². The lowest BCUT2D eigenvalue weighted by molar-refractivity contribution is -0.242. The van der Waals surface area contributed by atoms with Gasteiger partial charge in [0.15, 0.2) is 0 Å². The van der Waals surface area contributed by atoms with Gasteiger partial charge >= 0.3 is 0 Å². The van der Waals surface area contributed by atoms with E-state index in [1.54, 1.807) is 7.11 Å². The molecule has 2 aliphatic heterocycles. The van der Waals surface area contributed by atoms with E-state index in [-0.39, 0.29) is 17.4 Å². The highest BCUT2D eigenvalue weighted by molar-refractivity contribution is 5.38. The van der Waals surface area contributed by atoms with Crippen LogP contribution >= 0.6 is 0 Å². The molecule has 0 unspecified atom stereocenters. The second-order valence-corrected chi connectivity index (χ2v) is 5.24. The lowest BCUT2D eigenvalue weighted by Crippen LogP contribution is -2.68. The molecule has 1 aromatic carbocycles. The average molecular weight is 250 g/mol. The summed E-state index contributed by atoms with van der Waals surface area (Å²) in [7, 11) is 1.66. The van der Waals surface area contributed by atoms with Gasteiger partial charge in [-0.25, -0.2) is 0 Å². The van der Waals surface area contributed by atoms with E-state index < -0.39 is 0 Å². The van der Waals surface area contributed by atoms with Gasteiger partial charge in [0.1, 0.15) is 5.75 Å². The summed E-state index contributed by atoms with van der Waals surface area (Å²) in [4.78, 5) is 0. The molecule has 4 nitrogen and oxygen atoms in total. The summed E-state index contributed by atoms with van der Waals surface area (Å²) in [5.41, 5.74) is 0.844. The third-order valence-corrected chi connectivity index (χ3v) is 4.39. The highest BCUT2D eigenvalue weighted by Gasteiger charge is 2.60. The van der Waals surface area contributed by atoms with Crippen LogP contribution in [-0.2, 0) is 14.9 Å². The largest absolute Gasteiger partial charge is 0.497 e. The molecule has 2 saturated heterocycles. The van der Waals surface area contributed by atoms with Gasteiger partial charge < -0.3 is 19.3 Å². The number of benzene rings is 1. The lowest BCUT2D eigenvalue weighted by Gasteiger charge is -2.58. The fraction of sp³-hybridized carbons (Fsp3) is 0.571. The van der Waals surface area contributed by atoms with Crippen molar-refractivity contribution in [2.24, 2.45) is 5.41 Å². The van der Waals surface area contributed by atoms with Gasteiger partial charge in [-0.2, -0.15) is 0 Å². The molecule has 0 radical (unpaired) electrons. The predicted octanol–water partition coefficient (Wildman–Crippen LogP) is 0.972. The van der Waals surface area contributed by atoms with E-state index >= 15 is 0 Å². The van der Waals surface area contributed by atoms with Crippen LogP contribution in [0.5, 0.6) is 5.75 Å². The summed E-state index contributed by atoms with van der Waals surface area (Å²) in [6.45, 7) is 2.62. The Balaban J connectivity index is 2.00. The Morgan fingerprint density at radius 1 is 1.22 bits per heavy atom. The van der Waals surface area contributed by atoms with Crippen LogP contribution in [0, 0.1) is 5.41 Å². The van der Waals surface area contributed by atoms with Crippen molar-refractivity contribution in [3.05, 3.63) is 29.8 Å². The van der Waals surface area contributed by atoms with Crippen LogP contribution in [0.15, 0.2) is 24.3 Å². The van der Waals surface area contributed by atoms with Gasteiger partial charge in [-0.05, 0) is 17.7 Å². The molecule has 0 spiro atoms. The van der Waals surface area contributed by atoms with Gasteiger partial charge in [-0.1, -0.05) is 12.1 Å². The van der Waals surface area contributed by atoms with E-state index in [1.165, 1.54) is 5.56 Å². The van der Waals surface area contributed by atoms with Crippen molar-refractivity contribution in [2.45, 2.75) is 5.41 Å². The van der Waals surface area contributed by atoms with E-state index in [1.807, 2.05) is 18.2 Å². The van der Waals surface area contributed by atoms with Crippen LogP contribution < -0.4 is 4.74 Å². The molecule has 2 aliphatic rings. The quantitative estimate of drug-likeness (QED) is 0.865. The van der Waals surface area contributed by atoms with Crippen molar-refractivity contribution in [2.75, 3.05) is 40.1 Å². The first-order valence-corrected chi connectivity index (χ1v) is 6.17. The lowest BCUT2D eigenvalue weighted by atomic mass is 9.57. The van der Waals surface area contributed by atoms with E-state index in [9.17, 15) is 5.11 Å². The molecule has 0 atom stereocenters. The number of hydrogen-bond acceptors (Lipinski definition) is 4. The van der Waals surface area contributed by atoms with Crippen molar-refractivity contribution < 1.29 is 19.3 Å². The molecule has 18 heavy (non-hydrogen) atoms. The van der Waals surface area contributed by atoms with E-state index in [4.69, 9.17) is 14.2 Å². The highest BCUT2D eigenvalue weighted by atomic mass is 16.5. The third kappa shape index (κ3) is 1.43. The van der Waals surface area contributed by atoms with Gasteiger partial charge in [0.2, 0.25) is 0 Å². The van der Waals surface area contributed by atoms with Crippen LogP contribution in [-0.4, -0.2) is 45.3 Å². The summed E-state index contributed by atoms with van der Waals surface area (Å²) in [6, 6.07) is 8.04. The van der Waals surface area contributed by atoms with Gasteiger partial charge in [0.25, 0.3) is 0 Å². The Bertz CT molecular complexity index is 430. The number of rotatable bonds is 4. The minimum Gasteiger partial charge on any atom is -0.497 e. The number of ether oxygens (including phenoxy) is 3. The number of aliphatic hydroxyl groups excluding tert-OH is 1. The van der Waals surface area contributed by atoms with Crippen molar-refractivity contribution in [3.63, 3.8) is 0 Å². The molecule has 1 N–H and O–H groups in total. The van der Waals surface area contributed by atoms with Crippen LogP contribution in [0.3, 0.4) is 0 Å².